The van der Waals surface area contributed by atoms with E-state index in [4.69, 9.17) is 0 Å². The monoisotopic (exact) mass is 389 g/mol. The van der Waals surface area contributed by atoms with Crippen molar-refractivity contribution in [3.05, 3.63) is 22.9 Å². The van der Waals surface area contributed by atoms with Crippen molar-refractivity contribution < 1.29 is 13.5 Å². The molecule has 0 aliphatic carbocycles. The van der Waals surface area contributed by atoms with Crippen molar-refractivity contribution in [1.82, 2.24) is 18.9 Å². The summed E-state index contributed by atoms with van der Waals surface area (Å²) in [6.07, 6.45) is 2.50. The Balaban J connectivity index is 1.74. The molecule has 1 aliphatic heterocycles. The molecule has 1 aliphatic rings. The Morgan fingerprint density at radius 1 is 1.45 bits per heavy atom. The summed E-state index contributed by atoms with van der Waals surface area (Å²) in [6, 6.07) is 3.46. The van der Waals surface area contributed by atoms with Gasteiger partial charge in [0.25, 0.3) is 0 Å². The van der Waals surface area contributed by atoms with E-state index in [-0.39, 0.29) is 12.6 Å². The van der Waals surface area contributed by atoms with Crippen LogP contribution in [0.15, 0.2) is 22.9 Å². The lowest BCUT2D eigenvalue weighted by Gasteiger charge is -2.34. The van der Waals surface area contributed by atoms with Crippen LogP contribution in [0.5, 0.6) is 0 Å². The summed E-state index contributed by atoms with van der Waals surface area (Å²) in [7, 11) is -3.28. The van der Waals surface area contributed by atoms with Gasteiger partial charge in [0.2, 0.25) is 16.0 Å². The van der Waals surface area contributed by atoms with E-state index >= 15 is 0 Å². The number of aromatic nitrogens is 3. The first-order valence-electron chi connectivity index (χ1n) is 6.74. The zero-order valence-corrected chi connectivity index (χ0v) is 14.2. The Labute approximate surface area is 136 Å². The normalized spacial score (nSPS) is 23.8. The molecule has 2 aromatic heterocycles. The molecule has 0 spiro atoms. The maximum Gasteiger partial charge on any atom is 0.241 e. The van der Waals surface area contributed by atoms with Gasteiger partial charge in [-0.05, 0) is 34.5 Å². The average molecular weight is 390 g/mol. The number of piperidine rings is 1. The molecular weight excluding hydrogens is 374 g/mol. The molecule has 0 bridgehead atoms. The van der Waals surface area contributed by atoms with Gasteiger partial charge in [0.1, 0.15) is 4.60 Å². The van der Waals surface area contributed by atoms with Gasteiger partial charge in [-0.2, -0.15) is 4.31 Å². The third-order valence-electron chi connectivity index (χ3n) is 3.68. The lowest BCUT2D eigenvalue weighted by molar-refractivity contribution is 0.0950. The van der Waals surface area contributed by atoms with Gasteiger partial charge < -0.3 is 10.4 Å². The van der Waals surface area contributed by atoms with Crippen molar-refractivity contribution >= 4 is 37.4 Å². The van der Waals surface area contributed by atoms with Crippen LogP contribution in [0.25, 0.3) is 5.52 Å². The zero-order valence-electron chi connectivity index (χ0n) is 11.8. The first-order chi connectivity index (χ1) is 10.3. The Morgan fingerprint density at radius 3 is 2.91 bits per heavy atom. The predicted octanol–water partition coefficient (Wildman–Crippen LogP) is 0.298. The molecule has 22 heavy (non-hydrogen) atoms. The van der Waals surface area contributed by atoms with Crippen molar-refractivity contribution in [2.75, 3.05) is 24.7 Å². The summed E-state index contributed by atoms with van der Waals surface area (Å²) in [5.74, 6) is 0.390. The Bertz CT molecular complexity index is 793. The molecule has 3 rings (SSSR count). The van der Waals surface area contributed by atoms with Gasteiger partial charge in [-0.15, -0.1) is 5.10 Å². The van der Waals surface area contributed by atoms with E-state index < -0.39 is 16.1 Å². The molecule has 8 nitrogen and oxygen atoms in total. The SMILES string of the molecule is CS(=O)(=O)N1CC[C@@H](Nc2ncc3ccc(Br)n3n2)[C@H](O)C1. The highest BCUT2D eigenvalue weighted by atomic mass is 79.9. The molecule has 1 saturated heterocycles. The van der Waals surface area contributed by atoms with Gasteiger partial charge in [0.05, 0.1) is 30.1 Å². The molecule has 1 fully saturated rings. The van der Waals surface area contributed by atoms with Crippen LogP contribution >= 0.6 is 15.9 Å². The van der Waals surface area contributed by atoms with E-state index in [1.807, 2.05) is 12.1 Å². The molecule has 2 aromatic rings. The number of hydrogen-bond donors (Lipinski definition) is 2. The number of aliphatic hydroxyl groups is 1. The smallest absolute Gasteiger partial charge is 0.241 e. The average Bonchev–Trinajstić information content (AvgIpc) is 2.81. The second-order valence-corrected chi connectivity index (χ2v) is 8.10. The van der Waals surface area contributed by atoms with Gasteiger partial charge in [-0.3, -0.25) is 0 Å². The van der Waals surface area contributed by atoms with Gasteiger partial charge in [0.15, 0.2) is 0 Å². The standard InChI is InChI=1S/C12H16BrN5O3S/c1-22(20,21)17-5-4-9(10(19)7-17)15-12-14-6-8-2-3-11(13)18(8)16-12/h2-3,6,9-10,19H,4-5,7H2,1H3,(H,15,16)/t9-,10-/m1/s1. The second kappa shape index (κ2) is 5.76. The number of fused-ring (bicyclic) bond motifs is 1. The van der Waals surface area contributed by atoms with E-state index in [1.54, 1.807) is 10.7 Å². The van der Waals surface area contributed by atoms with Crippen LogP contribution in [0.4, 0.5) is 5.95 Å². The maximum absolute atomic E-state index is 11.5. The van der Waals surface area contributed by atoms with Crippen LogP contribution < -0.4 is 5.32 Å². The first-order valence-corrected chi connectivity index (χ1v) is 9.39. The van der Waals surface area contributed by atoms with E-state index in [2.05, 4.69) is 31.3 Å². The Kier molecular flexibility index (Phi) is 4.10. The molecule has 10 heteroatoms. The molecule has 0 radical (unpaired) electrons. The number of nitrogens with zero attached hydrogens (tertiary/aromatic N) is 4. The fourth-order valence-electron chi connectivity index (χ4n) is 2.47. The number of sulfonamides is 1. The Morgan fingerprint density at radius 2 is 2.23 bits per heavy atom. The zero-order chi connectivity index (χ0) is 15.9. The van der Waals surface area contributed by atoms with Crippen molar-refractivity contribution in [1.29, 1.82) is 0 Å². The summed E-state index contributed by atoms with van der Waals surface area (Å²) >= 11 is 3.39. The predicted molar refractivity (Wildman–Crippen MR) is 85.1 cm³/mol. The fourth-order valence-corrected chi connectivity index (χ4v) is 3.75. The van der Waals surface area contributed by atoms with Gasteiger partial charge in [-0.25, -0.2) is 17.9 Å². The molecule has 0 amide bonds. The molecule has 2 N–H and O–H groups in total. The van der Waals surface area contributed by atoms with Gasteiger partial charge in [-0.1, -0.05) is 0 Å². The minimum atomic E-state index is -3.28. The maximum atomic E-state index is 11.5. The fraction of sp³-hybridized carbons (Fsp3) is 0.500. The topological polar surface area (TPSA) is 99.8 Å². The highest BCUT2D eigenvalue weighted by molar-refractivity contribution is 9.10. The van der Waals surface area contributed by atoms with Crippen molar-refractivity contribution in [3.8, 4) is 0 Å². The number of rotatable bonds is 3. The second-order valence-electron chi connectivity index (χ2n) is 5.30. The summed E-state index contributed by atoms with van der Waals surface area (Å²) in [6.45, 7) is 0.439. The highest BCUT2D eigenvalue weighted by Crippen LogP contribution is 2.18. The van der Waals surface area contributed by atoms with Gasteiger partial charge in [0, 0.05) is 13.1 Å². The number of hydrogen-bond acceptors (Lipinski definition) is 6. The lowest BCUT2D eigenvalue weighted by atomic mass is 10.0. The van der Waals surface area contributed by atoms with Crippen molar-refractivity contribution in [2.45, 2.75) is 18.6 Å². The summed E-state index contributed by atoms with van der Waals surface area (Å²) in [5.41, 5.74) is 0.852. The molecule has 0 unspecified atom stereocenters. The number of anilines is 1. The van der Waals surface area contributed by atoms with E-state index in [0.29, 0.717) is 18.9 Å². The van der Waals surface area contributed by atoms with Gasteiger partial charge >= 0.3 is 0 Å². The molecule has 2 atom stereocenters. The number of halogens is 1. The van der Waals surface area contributed by atoms with Crippen LogP contribution in [0.3, 0.4) is 0 Å². The van der Waals surface area contributed by atoms with Crippen LogP contribution in [0, 0.1) is 0 Å². The van der Waals surface area contributed by atoms with Crippen LogP contribution in [0.2, 0.25) is 0 Å². The van der Waals surface area contributed by atoms with Crippen LogP contribution in [-0.4, -0.2) is 63.9 Å². The summed E-state index contributed by atoms with van der Waals surface area (Å²) in [5, 5.41) is 17.6. The molecule has 120 valence electrons. The van der Waals surface area contributed by atoms with Crippen molar-refractivity contribution in [3.63, 3.8) is 0 Å². The third kappa shape index (κ3) is 3.09. The van der Waals surface area contributed by atoms with Crippen molar-refractivity contribution in [2.24, 2.45) is 0 Å². The lowest BCUT2D eigenvalue weighted by Crippen LogP contribution is -2.51. The summed E-state index contributed by atoms with van der Waals surface area (Å²) < 4.78 is 26.8. The minimum absolute atomic E-state index is 0.0754. The van der Waals surface area contributed by atoms with E-state index in [1.165, 1.54) is 4.31 Å². The van der Waals surface area contributed by atoms with E-state index in [9.17, 15) is 13.5 Å². The minimum Gasteiger partial charge on any atom is -0.390 e. The largest absolute Gasteiger partial charge is 0.390 e. The number of β-amino-alcohol motifs (C(OH)–C–C–N with tert-alkyl or cyclic N) is 1. The Hall–Kier alpha value is -1.23. The molecule has 0 saturated carbocycles. The number of nitrogens with one attached hydrogen (secondary N) is 1. The third-order valence-corrected chi connectivity index (χ3v) is 5.55. The van der Waals surface area contributed by atoms with Crippen LogP contribution in [0.1, 0.15) is 6.42 Å². The molecule has 3 heterocycles. The quantitative estimate of drug-likeness (QED) is 0.782. The molecule has 0 aromatic carbocycles. The van der Waals surface area contributed by atoms with Crippen LogP contribution in [-0.2, 0) is 10.0 Å². The summed E-state index contributed by atoms with van der Waals surface area (Å²) in [4.78, 5) is 4.21. The van der Waals surface area contributed by atoms with E-state index in [0.717, 1.165) is 16.4 Å². The first kappa shape index (κ1) is 15.7. The highest BCUT2D eigenvalue weighted by Gasteiger charge is 2.32. The molecular formula is C12H16BrN5O3S. The number of aliphatic hydroxyl groups excluding tert-OH is 1.